The minimum atomic E-state index is -0.833. The molecule has 0 saturated heterocycles. The van der Waals surface area contributed by atoms with Gasteiger partial charge in [0.05, 0.1) is 5.92 Å². The SMILES string of the molecule is CC1CCC(N/C=C(\[NH-])C[C@@H](C[C@H](C)CN)C(=O)O)CC1.[K+]. The van der Waals surface area contributed by atoms with E-state index in [1.165, 1.54) is 12.8 Å². The Morgan fingerprint density at radius 3 is 2.50 bits per heavy atom. The Labute approximate surface area is 177 Å². The Morgan fingerprint density at radius 1 is 1.41 bits per heavy atom. The van der Waals surface area contributed by atoms with Crippen LogP contribution in [0.15, 0.2) is 11.9 Å². The zero-order valence-electron chi connectivity index (χ0n) is 14.3. The smallest absolute Gasteiger partial charge is 0.701 e. The van der Waals surface area contributed by atoms with Crippen LogP contribution in [0.25, 0.3) is 5.73 Å². The third kappa shape index (κ3) is 8.89. The topological polar surface area (TPSA) is 99.1 Å². The van der Waals surface area contributed by atoms with Gasteiger partial charge in [-0.05, 0) is 63.1 Å². The fraction of sp³-hybridized carbons (Fsp3) is 0.812. The molecule has 0 bridgehead atoms. The summed E-state index contributed by atoms with van der Waals surface area (Å²) in [6, 6.07) is 0.438. The molecule has 0 spiro atoms. The van der Waals surface area contributed by atoms with E-state index in [0.29, 0.717) is 24.7 Å². The van der Waals surface area contributed by atoms with Crippen LogP contribution >= 0.6 is 0 Å². The third-order valence-electron chi connectivity index (χ3n) is 4.41. The summed E-state index contributed by atoms with van der Waals surface area (Å²) in [5.41, 5.74) is 13.9. The first kappa shape index (κ1) is 22.4. The fourth-order valence-electron chi connectivity index (χ4n) is 2.82. The van der Waals surface area contributed by atoms with Gasteiger partial charge in [0.15, 0.2) is 0 Å². The summed E-state index contributed by atoms with van der Waals surface area (Å²) in [6.45, 7) is 4.71. The fourth-order valence-corrected chi connectivity index (χ4v) is 2.82. The number of carboxylic acids is 1. The zero-order valence-corrected chi connectivity index (χ0v) is 17.4. The predicted molar refractivity (Wildman–Crippen MR) is 85.5 cm³/mol. The van der Waals surface area contributed by atoms with Crippen molar-refractivity contribution < 1.29 is 61.3 Å². The quantitative estimate of drug-likeness (QED) is 0.549. The molecule has 122 valence electrons. The molecule has 0 heterocycles. The standard InChI is InChI=1S/C16H30N3O2.K/c1-11-3-5-15(6-4-11)19-10-14(18)8-13(16(20)21)7-12(2)9-17;/h10-13,15,18-19H,3-9,17H2,1-2H3,(H,20,21);/q-1;+1/b14-10-;/t11?,12-,13+,15?;/m0./s1. The van der Waals surface area contributed by atoms with Gasteiger partial charge in [0.1, 0.15) is 0 Å². The molecule has 1 saturated carbocycles. The number of nitrogens with one attached hydrogen (secondary N) is 2. The molecule has 0 radical (unpaired) electrons. The normalized spacial score (nSPS) is 25.0. The molecule has 1 rings (SSSR count). The molecule has 5 nitrogen and oxygen atoms in total. The molecule has 0 aromatic heterocycles. The van der Waals surface area contributed by atoms with Crippen LogP contribution in [0.2, 0.25) is 0 Å². The molecule has 22 heavy (non-hydrogen) atoms. The van der Waals surface area contributed by atoms with Crippen LogP contribution < -0.4 is 62.4 Å². The summed E-state index contributed by atoms with van der Waals surface area (Å²) in [7, 11) is 0. The second-order valence-corrected chi connectivity index (χ2v) is 6.61. The van der Waals surface area contributed by atoms with Crippen LogP contribution in [0.3, 0.4) is 0 Å². The second kappa shape index (κ2) is 11.9. The first-order valence-corrected chi connectivity index (χ1v) is 8.01. The summed E-state index contributed by atoms with van der Waals surface area (Å²) < 4.78 is 0. The Balaban J connectivity index is 0.00000441. The van der Waals surface area contributed by atoms with E-state index < -0.39 is 11.9 Å². The number of hydrogen-bond acceptors (Lipinski definition) is 3. The maximum Gasteiger partial charge on any atom is 1.00 e. The van der Waals surface area contributed by atoms with Gasteiger partial charge in [-0.1, -0.05) is 13.8 Å². The molecule has 0 aliphatic heterocycles. The van der Waals surface area contributed by atoms with E-state index in [-0.39, 0.29) is 63.7 Å². The first-order valence-electron chi connectivity index (χ1n) is 8.01. The molecular weight excluding hydrogens is 305 g/mol. The molecule has 1 aliphatic carbocycles. The van der Waals surface area contributed by atoms with Crippen molar-refractivity contribution in [3.8, 4) is 0 Å². The van der Waals surface area contributed by atoms with Crippen molar-refractivity contribution in [1.82, 2.24) is 5.32 Å². The van der Waals surface area contributed by atoms with Gasteiger partial charge in [-0.15, -0.1) is 5.70 Å². The van der Waals surface area contributed by atoms with Gasteiger partial charge < -0.3 is 21.9 Å². The van der Waals surface area contributed by atoms with Crippen LogP contribution in [0.4, 0.5) is 0 Å². The van der Waals surface area contributed by atoms with Crippen molar-refractivity contribution in [3.63, 3.8) is 0 Å². The Bertz CT molecular complexity index is 355. The predicted octanol–water partition coefficient (Wildman–Crippen LogP) is 0.128. The largest absolute Gasteiger partial charge is 1.00 e. The minimum Gasteiger partial charge on any atom is -0.701 e. The molecule has 1 aliphatic rings. The number of nitrogens with two attached hydrogens (primary N) is 1. The van der Waals surface area contributed by atoms with E-state index >= 15 is 0 Å². The second-order valence-electron chi connectivity index (χ2n) is 6.61. The average molecular weight is 336 g/mol. The molecule has 5 N–H and O–H groups in total. The number of rotatable bonds is 8. The maximum absolute atomic E-state index is 11.3. The third-order valence-corrected chi connectivity index (χ3v) is 4.41. The number of carboxylic acid groups (broad SMARTS) is 1. The summed E-state index contributed by atoms with van der Waals surface area (Å²) in [5.74, 6) is -0.372. The number of allylic oxidation sites excluding steroid dienone is 1. The van der Waals surface area contributed by atoms with Gasteiger partial charge in [-0.2, -0.15) is 0 Å². The summed E-state index contributed by atoms with van der Waals surface area (Å²) in [6.07, 6.45) is 7.23. The molecular formula is C16H30KN3O2. The van der Waals surface area contributed by atoms with E-state index in [1.807, 2.05) is 6.92 Å². The van der Waals surface area contributed by atoms with Gasteiger partial charge in [0.2, 0.25) is 0 Å². The summed E-state index contributed by atoms with van der Waals surface area (Å²) in [4.78, 5) is 11.3. The van der Waals surface area contributed by atoms with Crippen LogP contribution in [-0.2, 0) is 4.79 Å². The van der Waals surface area contributed by atoms with E-state index in [2.05, 4.69) is 12.2 Å². The molecule has 6 heteroatoms. The molecule has 0 aromatic carbocycles. The number of hydrogen-bond donors (Lipinski definition) is 3. The Kier molecular flexibility index (Phi) is 12.1. The van der Waals surface area contributed by atoms with Gasteiger partial charge in [0.25, 0.3) is 0 Å². The Morgan fingerprint density at radius 2 is 2.00 bits per heavy atom. The summed E-state index contributed by atoms with van der Waals surface area (Å²) in [5, 5.41) is 12.5. The van der Waals surface area contributed by atoms with Crippen LogP contribution in [-0.4, -0.2) is 23.7 Å². The molecule has 2 atom stereocenters. The van der Waals surface area contributed by atoms with E-state index in [9.17, 15) is 9.90 Å². The molecule has 1 fully saturated rings. The van der Waals surface area contributed by atoms with Gasteiger partial charge >= 0.3 is 57.4 Å². The van der Waals surface area contributed by atoms with Crippen LogP contribution in [0, 0.1) is 17.8 Å². The van der Waals surface area contributed by atoms with Gasteiger partial charge in [0, 0.05) is 6.04 Å². The van der Waals surface area contributed by atoms with Crippen molar-refractivity contribution >= 4 is 5.97 Å². The van der Waals surface area contributed by atoms with E-state index in [0.717, 1.165) is 18.8 Å². The molecule has 0 unspecified atom stereocenters. The molecule has 0 aromatic rings. The van der Waals surface area contributed by atoms with E-state index in [4.69, 9.17) is 11.5 Å². The van der Waals surface area contributed by atoms with Crippen molar-refractivity contribution in [3.05, 3.63) is 17.6 Å². The average Bonchev–Trinajstić information content (AvgIpc) is 2.45. The van der Waals surface area contributed by atoms with E-state index in [1.54, 1.807) is 6.20 Å². The zero-order chi connectivity index (χ0) is 15.8. The number of aliphatic carboxylic acids is 1. The minimum absolute atomic E-state index is 0. The van der Waals surface area contributed by atoms with Gasteiger partial charge in [-0.25, -0.2) is 0 Å². The van der Waals surface area contributed by atoms with Crippen molar-refractivity contribution in [2.45, 2.75) is 58.4 Å². The maximum atomic E-state index is 11.3. The van der Waals surface area contributed by atoms with Crippen LogP contribution in [0.1, 0.15) is 52.4 Å². The molecule has 0 amide bonds. The van der Waals surface area contributed by atoms with Crippen LogP contribution in [0.5, 0.6) is 0 Å². The van der Waals surface area contributed by atoms with Crippen molar-refractivity contribution in [1.29, 1.82) is 0 Å². The van der Waals surface area contributed by atoms with Crippen molar-refractivity contribution in [2.24, 2.45) is 23.5 Å². The monoisotopic (exact) mass is 335 g/mol. The number of carbonyl (C=O) groups is 1. The van der Waals surface area contributed by atoms with Gasteiger partial charge in [-0.3, -0.25) is 4.79 Å². The first-order chi connectivity index (χ1) is 9.92. The van der Waals surface area contributed by atoms with Crippen molar-refractivity contribution in [2.75, 3.05) is 6.54 Å². The summed E-state index contributed by atoms with van der Waals surface area (Å²) >= 11 is 0. The Hall–Kier alpha value is 0.406.